The molecule has 0 aromatic rings. The summed E-state index contributed by atoms with van der Waals surface area (Å²) in [6.07, 6.45) is -0.198. The van der Waals surface area contributed by atoms with Gasteiger partial charge in [-0.2, -0.15) is 11.8 Å². The summed E-state index contributed by atoms with van der Waals surface area (Å²) < 4.78 is 58.3. The topological polar surface area (TPSA) is 301 Å². The number of esters is 10. The summed E-state index contributed by atoms with van der Waals surface area (Å²) in [5, 5.41) is 2.56. The minimum absolute atomic E-state index is 0.0230. The van der Waals surface area contributed by atoms with Crippen LogP contribution in [-0.4, -0.2) is 161 Å². The van der Waals surface area contributed by atoms with E-state index < -0.39 is 140 Å². The van der Waals surface area contributed by atoms with Gasteiger partial charge in [0.25, 0.3) is 0 Å². The van der Waals surface area contributed by atoms with Crippen molar-refractivity contribution in [1.82, 2.24) is 5.32 Å². The molecular weight excluding hydrogens is 1130 g/mol. The molecule has 0 aliphatic rings. The van der Waals surface area contributed by atoms with Crippen LogP contribution >= 0.6 is 11.8 Å². The Morgan fingerprint density at radius 1 is 0.318 bits per heavy atom. The Kier molecular flexibility index (Phi) is 31.2. The van der Waals surface area contributed by atoms with Crippen molar-refractivity contribution in [2.75, 3.05) is 95.3 Å². The molecule has 1 N–H and O–H groups in total. The number of methoxy groups -OCH3 is 9. The number of amides is 1. The van der Waals surface area contributed by atoms with Gasteiger partial charge in [-0.15, -0.1) is 0 Å². The van der Waals surface area contributed by atoms with Gasteiger partial charge in [-0.1, -0.05) is 19.8 Å². The Labute approximate surface area is 508 Å². The first-order valence-corrected chi connectivity index (χ1v) is 29.6. The van der Waals surface area contributed by atoms with Crippen molar-refractivity contribution >= 4 is 77.5 Å². The van der Waals surface area contributed by atoms with Gasteiger partial charge in [-0.3, -0.25) is 47.9 Å². The van der Waals surface area contributed by atoms with E-state index in [2.05, 4.69) is 5.32 Å². The summed E-state index contributed by atoms with van der Waals surface area (Å²) in [6.45, 7) is 20.9. The molecule has 85 heavy (non-hydrogen) atoms. The highest BCUT2D eigenvalue weighted by atomic mass is 32.2. The normalized spacial score (nSPS) is 17.3. The van der Waals surface area contributed by atoms with Crippen molar-refractivity contribution in [3.05, 3.63) is 0 Å². The van der Waals surface area contributed by atoms with Crippen LogP contribution in [0, 0.1) is 54.1 Å². The summed E-state index contributed by atoms with van der Waals surface area (Å²) in [6, 6.07) is 0. The first kappa shape index (κ1) is 79.3. The molecule has 23 nitrogen and oxygen atoms in total. The minimum atomic E-state index is -1.88. The fourth-order valence-electron chi connectivity index (χ4n) is 12.8. The maximum absolute atomic E-state index is 14.5. The molecule has 0 heterocycles. The van der Waals surface area contributed by atoms with E-state index in [1.54, 1.807) is 34.6 Å². The fourth-order valence-corrected chi connectivity index (χ4v) is 14.0. The number of alkyl carbamates (subject to hydrolysis) is 1. The van der Waals surface area contributed by atoms with Gasteiger partial charge < -0.3 is 57.4 Å². The number of carbonyl (C=O) groups excluding carboxylic acids is 11. The van der Waals surface area contributed by atoms with Crippen molar-refractivity contribution in [1.29, 1.82) is 0 Å². The average Bonchev–Trinajstić information content (AvgIpc) is 3.63. The van der Waals surface area contributed by atoms with Crippen LogP contribution in [0.3, 0.4) is 0 Å². The number of unbranched alkanes of at least 4 members (excludes halogenated alkanes) is 3. The summed E-state index contributed by atoms with van der Waals surface area (Å²) in [4.78, 5) is 151. The molecule has 0 radical (unpaired) electrons. The van der Waals surface area contributed by atoms with Gasteiger partial charge in [0, 0.05) is 5.75 Å². The molecule has 8 unspecified atom stereocenters. The monoisotopic (exact) mass is 1230 g/mol. The van der Waals surface area contributed by atoms with E-state index in [4.69, 9.17) is 52.1 Å². The highest BCUT2D eigenvalue weighted by Gasteiger charge is 2.60. The standard InChI is InChI=1S/C61H103NO22S/c1-23-52(2,3)42(64)83-30-28-62-51(73)84-29-26-24-25-27-31-85-40-61(13,50(72)82-22)39-60(12,49(71)81-21)38-59(11,48(70)80-20)37-58(10,47(69)79-19)36-57(9,46(68)78-18)35-56(8,45(67)77-17)34-55(7,44(66)76-16)33-54(6,43(65)75-15)32-53(4,5)41(63)74-14/h23-40H2,1-22H3,(H,62,73). The largest absolute Gasteiger partial charge is 0.469 e. The van der Waals surface area contributed by atoms with Crippen LogP contribution in [0.25, 0.3) is 0 Å². The zero-order valence-corrected chi connectivity index (χ0v) is 55.9. The summed E-state index contributed by atoms with van der Waals surface area (Å²) in [5.74, 6) is -6.88. The lowest BCUT2D eigenvalue weighted by atomic mass is 9.56. The molecule has 0 saturated carbocycles. The molecule has 490 valence electrons. The Bertz CT molecular complexity index is 2320. The quantitative estimate of drug-likeness (QED) is 0.0341. The number of carbonyl (C=O) groups is 11. The Hall–Kier alpha value is -5.68. The molecule has 0 fully saturated rings. The van der Waals surface area contributed by atoms with Gasteiger partial charge in [-0.05, 0) is 159 Å². The van der Waals surface area contributed by atoms with Crippen LogP contribution in [0.2, 0.25) is 0 Å². The lowest BCUT2D eigenvalue weighted by molar-refractivity contribution is -0.173. The van der Waals surface area contributed by atoms with E-state index in [0.717, 1.165) is 69.0 Å². The summed E-state index contributed by atoms with van der Waals surface area (Å²) in [5.41, 5.74) is -15.7. The second-order valence-electron chi connectivity index (χ2n) is 26.1. The van der Waals surface area contributed by atoms with Crippen molar-refractivity contribution in [2.45, 2.75) is 173 Å². The third-order valence-electron chi connectivity index (χ3n) is 16.3. The first-order valence-electron chi connectivity index (χ1n) is 28.5. The summed E-state index contributed by atoms with van der Waals surface area (Å²) >= 11 is 1.45. The molecule has 8 atom stereocenters. The van der Waals surface area contributed by atoms with E-state index in [-0.39, 0.29) is 57.2 Å². The summed E-state index contributed by atoms with van der Waals surface area (Å²) in [7, 11) is 10.3. The maximum atomic E-state index is 14.5. The van der Waals surface area contributed by atoms with E-state index in [1.165, 1.54) is 74.4 Å². The van der Waals surface area contributed by atoms with Crippen LogP contribution in [0.4, 0.5) is 4.79 Å². The predicted octanol–water partition coefficient (Wildman–Crippen LogP) is 8.74. The van der Waals surface area contributed by atoms with Gasteiger partial charge in [0.1, 0.15) is 6.61 Å². The molecular formula is C61H103NO22S. The fraction of sp³-hybridized carbons (Fsp3) is 0.820. The van der Waals surface area contributed by atoms with E-state index in [0.29, 0.717) is 18.6 Å². The molecule has 0 aliphatic heterocycles. The molecule has 0 aromatic heterocycles. The van der Waals surface area contributed by atoms with Gasteiger partial charge in [0.05, 0.1) is 131 Å². The highest BCUT2D eigenvalue weighted by molar-refractivity contribution is 7.99. The second-order valence-corrected chi connectivity index (χ2v) is 27.2. The number of nitrogens with one attached hydrogen (secondary N) is 1. The molecule has 0 rings (SSSR count). The molecule has 1 amide bonds. The van der Waals surface area contributed by atoms with Gasteiger partial charge in [0.15, 0.2) is 0 Å². The number of thioether (sulfide) groups is 1. The van der Waals surface area contributed by atoms with Crippen LogP contribution < -0.4 is 5.32 Å². The van der Waals surface area contributed by atoms with Crippen molar-refractivity contribution < 1.29 is 105 Å². The van der Waals surface area contributed by atoms with Crippen LogP contribution in [-0.2, 0) is 100 Å². The first-order chi connectivity index (χ1) is 39.1. The number of hydrogen-bond acceptors (Lipinski definition) is 23. The van der Waals surface area contributed by atoms with Gasteiger partial charge in [-0.25, -0.2) is 4.79 Å². The number of hydrogen-bond donors (Lipinski definition) is 1. The van der Waals surface area contributed by atoms with Crippen LogP contribution in [0.15, 0.2) is 0 Å². The smallest absolute Gasteiger partial charge is 0.407 e. The van der Waals surface area contributed by atoms with Crippen molar-refractivity contribution in [3.63, 3.8) is 0 Å². The van der Waals surface area contributed by atoms with E-state index >= 15 is 0 Å². The van der Waals surface area contributed by atoms with Gasteiger partial charge in [0.2, 0.25) is 0 Å². The molecule has 0 saturated heterocycles. The highest BCUT2D eigenvalue weighted by Crippen LogP contribution is 2.56. The second kappa shape index (κ2) is 33.4. The van der Waals surface area contributed by atoms with E-state index in [9.17, 15) is 52.7 Å². The average molecular weight is 1230 g/mol. The number of ether oxygens (including phenoxy) is 11. The molecule has 0 aromatic carbocycles. The minimum Gasteiger partial charge on any atom is -0.469 e. The Morgan fingerprint density at radius 3 is 0.906 bits per heavy atom. The maximum Gasteiger partial charge on any atom is 0.407 e. The zero-order valence-electron chi connectivity index (χ0n) is 55.1. The van der Waals surface area contributed by atoms with Crippen molar-refractivity contribution in [2.24, 2.45) is 54.1 Å². The third-order valence-corrected chi connectivity index (χ3v) is 17.8. The Morgan fingerprint density at radius 2 is 0.600 bits per heavy atom. The SMILES string of the molecule is CCC(C)(C)C(=O)OCCNC(=O)OCCCCCCSCC(C)(CC(C)(CC(C)(CC(C)(CC(C)(CC(C)(CC(C)(CC(C)(CC(C)(C)C(=O)OC)C(=O)OC)C(=O)OC)C(=O)OC)C(=O)OC)C(=O)OC)C(=O)OC)C(=O)OC)C(=O)OC. The Balaban J connectivity index is 7.18. The lowest BCUT2D eigenvalue weighted by Gasteiger charge is -2.46. The molecule has 0 spiro atoms. The molecule has 24 heteroatoms. The third kappa shape index (κ3) is 22.2. The van der Waals surface area contributed by atoms with Gasteiger partial charge >= 0.3 is 65.8 Å². The predicted molar refractivity (Wildman–Crippen MR) is 314 cm³/mol. The van der Waals surface area contributed by atoms with E-state index in [1.807, 2.05) is 6.92 Å². The van der Waals surface area contributed by atoms with Crippen molar-refractivity contribution in [3.8, 4) is 0 Å². The lowest BCUT2D eigenvalue weighted by Crippen LogP contribution is -2.51. The zero-order chi connectivity index (χ0) is 66.3. The van der Waals surface area contributed by atoms with Crippen LogP contribution in [0.1, 0.15) is 173 Å². The van der Waals surface area contributed by atoms with Crippen LogP contribution in [0.5, 0.6) is 0 Å². The number of rotatable bonds is 39. The molecule has 0 aliphatic carbocycles. The molecule has 0 bridgehead atoms.